The molecular weight excluding hydrogens is 242 g/mol. The van der Waals surface area contributed by atoms with E-state index in [-0.39, 0.29) is 0 Å². The summed E-state index contributed by atoms with van der Waals surface area (Å²) in [5.74, 6) is 7.23. The van der Waals surface area contributed by atoms with Gasteiger partial charge in [-0.3, -0.25) is 5.43 Å². The Morgan fingerprint density at radius 1 is 1.21 bits per heavy atom. The fraction of sp³-hybridized carbons (Fsp3) is 0.231. The Labute approximate surface area is 112 Å². The number of nitrogens with two attached hydrogens (primary N) is 1. The van der Waals surface area contributed by atoms with E-state index in [1.807, 2.05) is 44.2 Å². The maximum absolute atomic E-state index is 5.39. The largest absolute Gasteiger partial charge is 0.494 e. The van der Waals surface area contributed by atoms with Gasteiger partial charge >= 0.3 is 0 Å². The van der Waals surface area contributed by atoms with Crippen LogP contribution in [0.25, 0.3) is 0 Å². The van der Waals surface area contributed by atoms with E-state index in [4.69, 9.17) is 10.6 Å². The molecule has 1 aromatic heterocycles. The predicted octanol–water partition coefficient (Wildman–Crippen LogP) is 2.21. The van der Waals surface area contributed by atoms with Crippen molar-refractivity contribution in [1.29, 1.82) is 0 Å². The SMILES string of the molecule is CCOc1ccc(Nc2cc(C)nc(NN)n2)cc1. The van der Waals surface area contributed by atoms with Gasteiger partial charge in [-0.15, -0.1) is 0 Å². The summed E-state index contributed by atoms with van der Waals surface area (Å²) in [7, 11) is 0. The lowest BCUT2D eigenvalue weighted by Crippen LogP contribution is -2.11. The summed E-state index contributed by atoms with van der Waals surface area (Å²) in [5, 5.41) is 3.19. The molecule has 0 aliphatic heterocycles. The van der Waals surface area contributed by atoms with Gasteiger partial charge in [0.15, 0.2) is 0 Å². The second kappa shape index (κ2) is 6.01. The molecule has 6 heteroatoms. The molecule has 0 aliphatic rings. The second-order valence-electron chi connectivity index (χ2n) is 3.94. The number of hydrogen-bond acceptors (Lipinski definition) is 6. The molecule has 1 heterocycles. The van der Waals surface area contributed by atoms with Gasteiger partial charge in [-0.25, -0.2) is 10.8 Å². The first-order chi connectivity index (χ1) is 9.21. The third-order valence-corrected chi connectivity index (χ3v) is 2.42. The number of benzene rings is 1. The molecule has 4 N–H and O–H groups in total. The minimum Gasteiger partial charge on any atom is -0.494 e. The van der Waals surface area contributed by atoms with Crippen molar-refractivity contribution < 1.29 is 4.74 Å². The molecule has 0 saturated heterocycles. The van der Waals surface area contributed by atoms with Gasteiger partial charge in [-0.2, -0.15) is 4.98 Å². The van der Waals surface area contributed by atoms with Crippen LogP contribution >= 0.6 is 0 Å². The Kier molecular flexibility index (Phi) is 4.15. The zero-order valence-electron chi connectivity index (χ0n) is 11.0. The first kappa shape index (κ1) is 13.1. The Balaban J connectivity index is 2.14. The molecule has 19 heavy (non-hydrogen) atoms. The summed E-state index contributed by atoms with van der Waals surface area (Å²) in [6.45, 7) is 4.49. The lowest BCUT2D eigenvalue weighted by atomic mass is 10.3. The van der Waals surface area contributed by atoms with Gasteiger partial charge in [0.05, 0.1) is 6.61 Å². The Morgan fingerprint density at radius 2 is 1.95 bits per heavy atom. The third-order valence-electron chi connectivity index (χ3n) is 2.42. The van der Waals surface area contributed by atoms with Crippen LogP contribution < -0.4 is 21.3 Å². The van der Waals surface area contributed by atoms with Crippen molar-refractivity contribution >= 4 is 17.5 Å². The first-order valence-corrected chi connectivity index (χ1v) is 6.03. The number of nitrogens with zero attached hydrogens (tertiary/aromatic N) is 2. The van der Waals surface area contributed by atoms with Crippen LogP contribution in [0.1, 0.15) is 12.6 Å². The molecule has 0 amide bonds. The Bertz CT molecular complexity index is 541. The van der Waals surface area contributed by atoms with E-state index in [1.165, 1.54) is 0 Å². The molecule has 0 saturated carbocycles. The van der Waals surface area contributed by atoms with Crippen LogP contribution in [0.4, 0.5) is 17.5 Å². The van der Waals surface area contributed by atoms with E-state index < -0.39 is 0 Å². The van der Waals surface area contributed by atoms with Gasteiger partial charge < -0.3 is 10.1 Å². The van der Waals surface area contributed by atoms with E-state index >= 15 is 0 Å². The minimum atomic E-state index is 0.383. The molecule has 2 rings (SSSR count). The van der Waals surface area contributed by atoms with Crippen LogP contribution in [0.3, 0.4) is 0 Å². The molecule has 0 unspecified atom stereocenters. The molecule has 0 spiro atoms. The van der Waals surface area contributed by atoms with Crippen molar-refractivity contribution in [1.82, 2.24) is 9.97 Å². The number of anilines is 3. The van der Waals surface area contributed by atoms with Crippen molar-refractivity contribution in [3.8, 4) is 5.75 Å². The van der Waals surface area contributed by atoms with Crippen LogP contribution in [0.15, 0.2) is 30.3 Å². The summed E-state index contributed by atoms with van der Waals surface area (Å²) in [5.41, 5.74) is 4.19. The smallest absolute Gasteiger partial charge is 0.239 e. The van der Waals surface area contributed by atoms with E-state index in [0.29, 0.717) is 18.4 Å². The zero-order chi connectivity index (χ0) is 13.7. The monoisotopic (exact) mass is 259 g/mol. The highest BCUT2D eigenvalue weighted by Gasteiger charge is 2.02. The van der Waals surface area contributed by atoms with Crippen LogP contribution in [0.5, 0.6) is 5.75 Å². The van der Waals surface area contributed by atoms with Crippen LogP contribution in [-0.2, 0) is 0 Å². The number of ether oxygens (including phenoxy) is 1. The van der Waals surface area contributed by atoms with E-state index in [1.54, 1.807) is 0 Å². The van der Waals surface area contributed by atoms with Gasteiger partial charge in [0.25, 0.3) is 0 Å². The lowest BCUT2D eigenvalue weighted by molar-refractivity contribution is 0.340. The fourth-order valence-electron chi connectivity index (χ4n) is 1.65. The number of aromatic nitrogens is 2. The van der Waals surface area contributed by atoms with E-state index in [0.717, 1.165) is 17.1 Å². The highest BCUT2D eigenvalue weighted by atomic mass is 16.5. The summed E-state index contributed by atoms with van der Waals surface area (Å²) >= 11 is 0. The molecule has 0 bridgehead atoms. The average Bonchev–Trinajstić information content (AvgIpc) is 2.40. The average molecular weight is 259 g/mol. The minimum absolute atomic E-state index is 0.383. The van der Waals surface area contributed by atoms with Crippen molar-refractivity contribution in [3.05, 3.63) is 36.0 Å². The highest BCUT2D eigenvalue weighted by molar-refractivity contribution is 5.58. The number of nitrogens with one attached hydrogen (secondary N) is 2. The normalized spacial score (nSPS) is 10.1. The molecule has 2 aromatic rings. The highest BCUT2D eigenvalue weighted by Crippen LogP contribution is 2.19. The zero-order valence-corrected chi connectivity index (χ0v) is 11.0. The predicted molar refractivity (Wildman–Crippen MR) is 75.5 cm³/mol. The number of aryl methyl sites for hydroxylation is 1. The van der Waals surface area contributed by atoms with Gasteiger partial charge in [0.2, 0.25) is 5.95 Å². The number of hydrazine groups is 1. The molecule has 100 valence electrons. The van der Waals surface area contributed by atoms with Gasteiger partial charge in [0.1, 0.15) is 11.6 Å². The Morgan fingerprint density at radius 3 is 2.58 bits per heavy atom. The number of rotatable bonds is 5. The summed E-state index contributed by atoms with van der Waals surface area (Å²) < 4.78 is 5.39. The third kappa shape index (κ3) is 3.56. The quantitative estimate of drug-likeness (QED) is 0.564. The molecule has 1 aromatic carbocycles. The summed E-state index contributed by atoms with van der Waals surface area (Å²) in [4.78, 5) is 8.34. The summed E-state index contributed by atoms with van der Waals surface area (Å²) in [6, 6.07) is 9.51. The molecular formula is C13H17N5O. The lowest BCUT2D eigenvalue weighted by Gasteiger charge is -2.09. The van der Waals surface area contributed by atoms with Crippen LogP contribution in [0.2, 0.25) is 0 Å². The number of nitrogen functional groups attached to an aromatic ring is 1. The topological polar surface area (TPSA) is 85.1 Å². The maximum atomic E-state index is 5.39. The second-order valence-corrected chi connectivity index (χ2v) is 3.94. The molecule has 0 fully saturated rings. The number of hydrogen-bond donors (Lipinski definition) is 3. The molecule has 0 radical (unpaired) electrons. The van der Waals surface area contributed by atoms with E-state index in [9.17, 15) is 0 Å². The Hall–Kier alpha value is -2.34. The standard InChI is InChI=1S/C13H17N5O/c1-3-19-11-6-4-10(5-7-11)16-12-8-9(2)15-13(17-12)18-14/h4-8H,3,14H2,1-2H3,(H2,15,16,17,18). The molecule has 6 nitrogen and oxygen atoms in total. The maximum Gasteiger partial charge on any atom is 0.239 e. The van der Waals surface area contributed by atoms with E-state index in [2.05, 4.69) is 20.7 Å². The van der Waals surface area contributed by atoms with Gasteiger partial charge in [0, 0.05) is 17.4 Å². The van der Waals surface area contributed by atoms with Crippen molar-refractivity contribution in [2.75, 3.05) is 17.3 Å². The molecule has 0 atom stereocenters. The van der Waals surface area contributed by atoms with Gasteiger partial charge in [-0.1, -0.05) is 0 Å². The van der Waals surface area contributed by atoms with Gasteiger partial charge in [-0.05, 0) is 38.1 Å². The van der Waals surface area contributed by atoms with Crippen molar-refractivity contribution in [3.63, 3.8) is 0 Å². The van der Waals surface area contributed by atoms with Crippen molar-refractivity contribution in [2.24, 2.45) is 5.84 Å². The van der Waals surface area contributed by atoms with Crippen molar-refractivity contribution in [2.45, 2.75) is 13.8 Å². The molecule has 0 aliphatic carbocycles. The fourth-order valence-corrected chi connectivity index (χ4v) is 1.65. The summed E-state index contributed by atoms with van der Waals surface area (Å²) in [6.07, 6.45) is 0. The van der Waals surface area contributed by atoms with Crippen LogP contribution in [0, 0.1) is 6.92 Å². The first-order valence-electron chi connectivity index (χ1n) is 6.03. The van der Waals surface area contributed by atoms with Crippen LogP contribution in [-0.4, -0.2) is 16.6 Å².